The highest BCUT2D eigenvalue weighted by Gasteiger charge is 2.17. The van der Waals surface area contributed by atoms with Crippen molar-refractivity contribution in [2.24, 2.45) is 0 Å². The van der Waals surface area contributed by atoms with Crippen LogP contribution in [0.15, 0.2) is 0 Å². The van der Waals surface area contributed by atoms with Crippen LogP contribution in [-0.4, -0.2) is 49.8 Å². The van der Waals surface area contributed by atoms with Crippen LogP contribution in [0.3, 0.4) is 0 Å². The van der Waals surface area contributed by atoms with Crippen molar-refractivity contribution in [3.8, 4) is 0 Å². The fraction of sp³-hybridized carbons (Fsp3) is 1.00. The molecule has 1 fully saturated rings. The van der Waals surface area contributed by atoms with Crippen molar-refractivity contribution in [3.63, 3.8) is 0 Å². The fourth-order valence-electron chi connectivity index (χ4n) is 2.40. The van der Waals surface area contributed by atoms with Gasteiger partial charge in [0.2, 0.25) is 0 Å². The molecule has 1 saturated heterocycles. The van der Waals surface area contributed by atoms with Crippen molar-refractivity contribution in [2.45, 2.75) is 58.6 Å². The molecule has 0 aromatic carbocycles. The van der Waals surface area contributed by atoms with Gasteiger partial charge in [-0.15, -0.1) is 0 Å². The Labute approximate surface area is 107 Å². The zero-order chi connectivity index (χ0) is 12.5. The fourth-order valence-corrected chi connectivity index (χ4v) is 2.40. The van der Waals surface area contributed by atoms with Crippen LogP contribution < -0.4 is 5.32 Å². The topological polar surface area (TPSA) is 24.5 Å². The Balaban J connectivity index is 2.02. The molecule has 1 aliphatic rings. The van der Waals surface area contributed by atoms with Gasteiger partial charge in [0.1, 0.15) is 0 Å². The smallest absolute Gasteiger partial charge is 0.0518 e. The standard InChI is InChI=1S/C14H30N2O/c1-4-7-14-12-16(10-8-15-14)9-5-6-11-17-13(2)3/h13-15H,4-12H2,1-3H3. The first-order valence-corrected chi connectivity index (χ1v) is 7.29. The molecule has 0 spiro atoms. The maximum atomic E-state index is 5.56. The molecular weight excluding hydrogens is 212 g/mol. The molecule has 17 heavy (non-hydrogen) atoms. The zero-order valence-electron chi connectivity index (χ0n) is 11.9. The summed E-state index contributed by atoms with van der Waals surface area (Å²) in [5.74, 6) is 0. The van der Waals surface area contributed by atoms with Crippen LogP contribution in [0.25, 0.3) is 0 Å². The van der Waals surface area contributed by atoms with E-state index in [0.717, 1.165) is 19.2 Å². The van der Waals surface area contributed by atoms with Crippen molar-refractivity contribution < 1.29 is 4.74 Å². The van der Waals surface area contributed by atoms with Crippen LogP contribution >= 0.6 is 0 Å². The summed E-state index contributed by atoms with van der Waals surface area (Å²) in [7, 11) is 0. The van der Waals surface area contributed by atoms with E-state index < -0.39 is 0 Å². The highest BCUT2D eigenvalue weighted by molar-refractivity contribution is 4.77. The van der Waals surface area contributed by atoms with E-state index in [4.69, 9.17) is 4.74 Å². The largest absolute Gasteiger partial charge is 0.379 e. The van der Waals surface area contributed by atoms with E-state index >= 15 is 0 Å². The predicted octanol–water partition coefficient (Wildman–Crippen LogP) is 2.27. The molecule has 0 bridgehead atoms. The lowest BCUT2D eigenvalue weighted by Crippen LogP contribution is -2.50. The highest BCUT2D eigenvalue weighted by atomic mass is 16.5. The summed E-state index contributed by atoms with van der Waals surface area (Å²) < 4.78 is 5.56. The Morgan fingerprint density at radius 1 is 1.35 bits per heavy atom. The predicted molar refractivity (Wildman–Crippen MR) is 73.5 cm³/mol. The lowest BCUT2D eigenvalue weighted by Gasteiger charge is -2.33. The maximum absolute atomic E-state index is 5.56. The summed E-state index contributed by atoms with van der Waals surface area (Å²) in [6.07, 6.45) is 5.44. The van der Waals surface area contributed by atoms with E-state index in [-0.39, 0.29) is 0 Å². The third kappa shape index (κ3) is 7.02. The Bertz CT molecular complexity index is 183. The first-order chi connectivity index (χ1) is 8.22. The van der Waals surface area contributed by atoms with Gasteiger partial charge in [-0.2, -0.15) is 0 Å². The van der Waals surface area contributed by atoms with Crippen molar-refractivity contribution in [1.29, 1.82) is 0 Å². The van der Waals surface area contributed by atoms with E-state index in [1.54, 1.807) is 0 Å². The van der Waals surface area contributed by atoms with Gasteiger partial charge in [-0.1, -0.05) is 13.3 Å². The SMILES string of the molecule is CCCC1CN(CCCCOC(C)C)CCN1. The Morgan fingerprint density at radius 3 is 2.88 bits per heavy atom. The van der Waals surface area contributed by atoms with Crippen LogP contribution in [-0.2, 0) is 4.74 Å². The summed E-state index contributed by atoms with van der Waals surface area (Å²) in [6, 6.07) is 0.723. The van der Waals surface area contributed by atoms with E-state index in [9.17, 15) is 0 Å². The molecular formula is C14H30N2O. The molecule has 0 aromatic heterocycles. The van der Waals surface area contributed by atoms with E-state index in [1.165, 1.54) is 45.3 Å². The molecule has 102 valence electrons. The molecule has 1 atom stereocenters. The van der Waals surface area contributed by atoms with E-state index in [0.29, 0.717) is 6.10 Å². The molecule has 1 N–H and O–H groups in total. The van der Waals surface area contributed by atoms with E-state index in [2.05, 4.69) is 31.0 Å². The highest BCUT2D eigenvalue weighted by Crippen LogP contribution is 2.06. The van der Waals surface area contributed by atoms with Crippen molar-refractivity contribution in [2.75, 3.05) is 32.8 Å². The van der Waals surface area contributed by atoms with Gasteiger partial charge in [0.05, 0.1) is 6.10 Å². The quantitative estimate of drug-likeness (QED) is 0.661. The minimum atomic E-state index is 0.378. The van der Waals surface area contributed by atoms with Gasteiger partial charge in [-0.25, -0.2) is 0 Å². The number of hydrogen-bond acceptors (Lipinski definition) is 3. The van der Waals surface area contributed by atoms with Crippen molar-refractivity contribution in [3.05, 3.63) is 0 Å². The second-order valence-corrected chi connectivity index (χ2v) is 5.37. The molecule has 0 aromatic rings. The average Bonchev–Trinajstić information content (AvgIpc) is 2.29. The number of piperazine rings is 1. The Morgan fingerprint density at radius 2 is 2.18 bits per heavy atom. The summed E-state index contributed by atoms with van der Waals surface area (Å²) in [5, 5.41) is 3.60. The summed E-state index contributed by atoms with van der Waals surface area (Å²) in [5.41, 5.74) is 0. The zero-order valence-corrected chi connectivity index (χ0v) is 11.9. The van der Waals surface area contributed by atoms with E-state index in [1.807, 2.05) is 0 Å². The Hall–Kier alpha value is -0.120. The van der Waals surface area contributed by atoms with Gasteiger partial charge in [0, 0.05) is 32.3 Å². The molecule has 1 aliphatic heterocycles. The summed E-state index contributed by atoms with van der Waals surface area (Å²) >= 11 is 0. The number of unbranched alkanes of at least 4 members (excludes halogenated alkanes) is 1. The number of nitrogens with one attached hydrogen (secondary N) is 1. The molecule has 3 heteroatoms. The van der Waals surface area contributed by atoms with Crippen LogP contribution in [0.1, 0.15) is 46.5 Å². The minimum Gasteiger partial charge on any atom is -0.379 e. The van der Waals surface area contributed by atoms with Gasteiger partial charge in [-0.3, -0.25) is 0 Å². The average molecular weight is 242 g/mol. The van der Waals surface area contributed by atoms with Gasteiger partial charge in [0.15, 0.2) is 0 Å². The second-order valence-electron chi connectivity index (χ2n) is 5.37. The van der Waals surface area contributed by atoms with Crippen molar-refractivity contribution >= 4 is 0 Å². The first kappa shape index (κ1) is 14.9. The minimum absolute atomic E-state index is 0.378. The van der Waals surface area contributed by atoms with Crippen LogP contribution in [0, 0.1) is 0 Å². The second kappa shape index (κ2) is 8.90. The maximum Gasteiger partial charge on any atom is 0.0518 e. The third-order valence-electron chi connectivity index (χ3n) is 3.30. The third-order valence-corrected chi connectivity index (χ3v) is 3.30. The molecule has 0 amide bonds. The van der Waals surface area contributed by atoms with Gasteiger partial charge < -0.3 is 15.0 Å². The molecule has 0 aliphatic carbocycles. The van der Waals surface area contributed by atoms with Crippen LogP contribution in [0.2, 0.25) is 0 Å². The Kier molecular flexibility index (Phi) is 7.82. The molecule has 1 heterocycles. The normalized spacial score (nSPS) is 22.2. The van der Waals surface area contributed by atoms with Crippen molar-refractivity contribution in [1.82, 2.24) is 10.2 Å². The van der Waals surface area contributed by atoms with Crippen LogP contribution in [0.4, 0.5) is 0 Å². The molecule has 1 unspecified atom stereocenters. The molecule has 3 nitrogen and oxygen atoms in total. The first-order valence-electron chi connectivity index (χ1n) is 7.29. The lowest BCUT2D eigenvalue weighted by atomic mass is 10.1. The number of nitrogens with zero attached hydrogens (tertiary/aromatic N) is 1. The van der Waals surface area contributed by atoms with Crippen LogP contribution in [0.5, 0.6) is 0 Å². The number of ether oxygens (including phenoxy) is 1. The number of rotatable bonds is 8. The van der Waals surface area contributed by atoms with Gasteiger partial charge >= 0.3 is 0 Å². The lowest BCUT2D eigenvalue weighted by molar-refractivity contribution is 0.0733. The molecule has 1 rings (SSSR count). The molecule has 0 radical (unpaired) electrons. The van der Waals surface area contributed by atoms with Gasteiger partial charge in [-0.05, 0) is 39.7 Å². The summed E-state index contributed by atoms with van der Waals surface area (Å²) in [4.78, 5) is 2.60. The van der Waals surface area contributed by atoms with Gasteiger partial charge in [0.25, 0.3) is 0 Å². The monoisotopic (exact) mass is 242 g/mol. The number of hydrogen-bond donors (Lipinski definition) is 1. The summed E-state index contributed by atoms with van der Waals surface area (Å²) in [6.45, 7) is 12.2. The molecule has 0 saturated carbocycles.